The van der Waals surface area contributed by atoms with Gasteiger partial charge in [0, 0.05) is 32.8 Å². The summed E-state index contributed by atoms with van der Waals surface area (Å²) < 4.78 is 5.75. The van der Waals surface area contributed by atoms with E-state index in [1.54, 1.807) is 0 Å². The third-order valence-corrected chi connectivity index (χ3v) is 4.08. The highest BCUT2D eigenvalue weighted by Crippen LogP contribution is 2.39. The molecule has 0 radical (unpaired) electrons. The molecule has 1 heterocycles. The molecular formula is C13H26N2O2. The quantitative estimate of drug-likeness (QED) is 0.741. The second-order valence-electron chi connectivity index (χ2n) is 5.57. The maximum Gasteiger partial charge on any atom is 0.0923 e. The van der Waals surface area contributed by atoms with Crippen LogP contribution in [0.4, 0.5) is 0 Å². The van der Waals surface area contributed by atoms with E-state index >= 15 is 0 Å². The summed E-state index contributed by atoms with van der Waals surface area (Å²) in [5.74, 6) is 0.428. The van der Waals surface area contributed by atoms with Crippen molar-refractivity contribution >= 4 is 0 Å². The Balaban J connectivity index is 1.91. The van der Waals surface area contributed by atoms with Crippen LogP contribution < -0.4 is 5.73 Å². The van der Waals surface area contributed by atoms with Crippen molar-refractivity contribution in [3.05, 3.63) is 0 Å². The van der Waals surface area contributed by atoms with Gasteiger partial charge in [-0.15, -0.1) is 0 Å². The van der Waals surface area contributed by atoms with Crippen molar-refractivity contribution < 1.29 is 9.84 Å². The first-order chi connectivity index (χ1) is 8.18. The summed E-state index contributed by atoms with van der Waals surface area (Å²) in [7, 11) is 0. The van der Waals surface area contributed by atoms with E-state index in [9.17, 15) is 5.11 Å². The summed E-state index contributed by atoms with van der Waals surface area (Å²) in [6.07, 6.45) is 4.69. The monoisotopic (exact) mass is 242 g/mol. The predicted molar refractivity (Wildman–Crippen MR) is 67.8 cm³/mol. The van der Waals surface area contributed by atoms with E-state index in [0.717, 1.165) is 45.4 Å². The van der Waals surface area contributed by atoms with Crippen LogP contribution in [0, 0.1) is 5.92 Å². The lowest BCUT2D eigenvalue weighted by atomic mass is 9.97. The van der Waals surface area contributed by atoms with Gasteiger partial charge in [-0.3, -0.25) is 4.90 Å². The lowest BCUT2D eigenvalue weighted by Crippen LogP contribution is -2.51. The molecule has 1 aliphatic heterocycles. The van der Waals surface area contributed by atoms with Gasteiger partial charge in [0.15, 0.2) is 0 Å². The number of nitrogens with zero attached hydrogens (tertiary/aromatic N) is 1. The molecule has 0 aromatic heterocycles. The van der Waals surface area contributed by atoms with Crippen LogP contribution in [0.3, 0.4) is 0 Å². The first-order valence-corrected chi connectivity index (χ1v) is 6.94. The second kappa shape index (κ2) is 5.65. The third kappa shape index (κ3) is 3.41. The summed E-state index contributed by atoms with van der Waals surface area (Å²) >= 11 is 0. The van der Waals surface area contributed by atoms with Crippen molar-refractivity contribution in [2.24, 2.45) is 11.7 Å². The number of hydrogen-bond acceptors (Lipinski definition) is 4. The van der Waals surface area contributed by atoms with Gasteiger partial charge >= 0.3 is 0 Å². The van der Waals surface area contributed by atoms with Crippen LogP contribution in [-0.2, 0) is 4.74 Å². The van der Waals surface area contributed by atoms with E-state index in [-0.39, 0.29) is 0 Å². The molecule has 1 saturated carbocycles. The maximum absolute atomic E-state index is 10.6. The van der Waals surface area contributed by atoms with E-state index in [0.29, 0.717) is 25.1 Å². The Morgan fingerprint density at radius 3 is 2.82 bits per heavy atom. The van der Waals surface area contributed by atoms with Crippen LogP contribution in [0.25, 0.3) is 0 Å². The predicted octanol–water partition coefficient (Wildman–Crippen LogP) is 0.587. The van der Waals surface area contributed by atoms with Crippen LogP contribution in [-0.4, -0.2) is 54.5 Å². The fourth-order valence-corrected chi connectivity index (χ4v) is 2.73. The molecule has 3 N–H and O–H groups in total. The number of nitrogens with two attached hydrogens (primary N) is 1. The van der Waals surface area contributed by atoms with E-state index < -0.39 is 5.60 Å². The minimum Gasteiger partial charge on any atom is -0.387 e. The molecule has 2 rings (SSSR count). The molecule has 1 saturated heterocycles. The zero-order valence-corrected chi connectivity index (χ0v) is 10.9. The Morgan fingerprint density at radius 2 is 2.24 bits per heavy atom. The molecule has 2 unspecified atom stereocenters. The van der Waals surface area contributed by atoms with E-state index in [2.05, 4.69) is 11.8 Å². The largest absolute Gasteiger partial charge is 0.387 e. The molecule has 0 amide bonds. The number of ether oxygens (including phenoxy) is 1. The van der Waals surface area contributed by atoms with Gasteiger partial charge in [0.2, 0.25) is 0 Å². The van der Waals surface area contributed by atoms with Crippen molar-refractivity contribution in [2.45, 2.75) is 44.3 Å². The average molecular weight is 242 g/mol. The van der Waals surface area contributed by atoms with Crippen LogP contribution in [0.1, 0.15) is 32.6 Å². The molecule has 0 spiro atoms. The minimum atomic E-state index is -0.664. The average Bonchev–Trinajstić information content (AvgIpc) is 3.16. The van der Waals surface area contributed by atoms with Crippen molar-refractivity contribution in [1.82, 2.24) is 4.90 Å². The molecule has 4 heteroatoms. The number of β-amino-alcohol motifs (C(OH)–C–C–N with tert-alkyl or cyclic N) is 1. The standard InChI is InChI=1S/C13H26N2O2/c1-2-12-8-15(6-3-7-17-12)10-13(16,9-14)11-4-5-11/h11-12,16H,2-10,14H2,1H3. The number of aliphatic hydroxyl groups is 1. The molecule has 0 bridgehead atoms. The molecule has 1 aliphatic carbocycles. The molecular weight excluding hydrogens is 216 g/mol. The van der Waals surface area contributed by atoms with Gasteiger partial charge in [-0.05, 0) is 31.6 Å². The van der Waals surface area contributed by atoms with Crippen molar-refractivity contribution in [1.29, 1.82) is 0 Å². The lowest BCUT2D eigenvalue weighted by Gasteiger charge is -2.34. The van der Waals surface area contributed by atoms with E-state index in [1.165, 1.54) is 0 Å². The van der Waals surface area contributed by atoms with Crippen LogP contribution in [0.2, 0.25) is 0 Å². The van der Waals surface area contributed by atoms with Gasteiger partial charge in [-0.25, -0.2) is 0 Å². The molecule has 0 aromatic carbocycles. The summed E-state index contributed by atoms with van der Waals surface area (Å²) in [5.41, 5.74) is 5.10. The van der Waals surface area contributed by atoms with Crippen LogP contribution in [0.15, 0.2) is 0 Å². The van der Waals surface area contributed by atoms with Crippen molar-refractivity contribution in [3.63, 3.8) is 0 Å². The Bertz CT molecular complexity index is 246. The smallest absolute Gasteiger partial charge is 0.0923 e. The molecule has 17 heavy (non-hydrogen) atoms. The SMILES string of the molecule is CCC1CN(CC(O)(CN)C2CC2)CCCO1. The van der Waals surface area contributed by atoms with Crippen LogP contribution in [0.5, 0.6) is 0 Å². The van der Waals surface area contributed by atoms with Gasteiger partial charge < -0.3 is 15.6 Å². The highest BCUT2D eigenvalue weighted by molar-refractivity contribution is 4.97. The molecule has 2 fully saturated rings. The maximum atomic E-state index is 10.6. The fourth-order valence-electron chi connectivity index (χ4n) is 2.73. The summed E-state index contributed by atoms with van der Waals surface area (Å²) in [6, 6.07) is 0. The van der Waals surface area contributed by atoms with Gasteiger partial charge in [-0.2, -0.15) is 0 Å². The van der Waals surface area contributed by atoms with Gasteiger partial charge in [0.1, 0.15) is 0 Å². The van der Waals surface area contributed by atoms with Gasteiger partial charge in [0.05, 0.1) is 11.7 Å². The van der Waals surface area contributed by atoms with Gasteiger partial charge in [-0.1, -0.05) is 6.92 Å². The summed E-state index contributed by atoms with van der Waals surface area (Å²) in [4.78, 5) is 2.34. The molecule has 2 aliphatic rings. The molecule has 2 atom stereocenters. The first-order valence-electron chi connectivity index (χ1n) is 6.94. The Labute approximate surface area is 104 Å². The van der Waals surface area contributed by atoms with Gasteiger partial charge in [0.25, 0.3) is 0 Å². The lowest BCUT2D eigenvalue weighted by molar-refractivity contribution is -0.0165. The first kappa shape index (κ1) is 13.3. The molecule has 0 aromatic rings. The normalized spacial score (nSPS) is 30.9. The number of rotatable bonds is 5. The topological polar surface area (TPSA) is 58.7 Å². The van der Waals surface area contributed by atoms with Crippen molar-refractivity contribution in [3.8, 4) is 0 Å². The Morgan fingerprint density at radius 1 is 1.47 bits per heavy atom. The number of hydrogen-bond donors (Lipinski definition) is 2. The highest BCUT2D eigenvalue weighted by atomic mass is 16.5. The highest BCUT2D eigenvalue weighted by Gasteiger charge is 2.43. The Hall–Kier alpha value is -0.160. The van der Waals surface area contributed by atoms with Crippen LogP contribution >= 0.6 is 0 Å². The molecule has 4 nitrogen and oxygen atoms in total. The second-order valence-corrected chi connectivity index (χ2v) is 5.57. The zero-order chi connectivity index (χ0) is 12.3. The third-order valence-electron chi connectivity index (χ3n) is 4.08. The summed E-state index contributed by atoms with van der Waals surface area (Å²) in [5, 5.41) is 10.6. The van der Waals surface area contributed by atoms with E-state index in [1.807, 2.05) is 0 Å². The fraction of sp³-hybridized carbons (Fsp3) is 1.00. The van der Waals surface area contributed by atoms with Crippen molar-refractivity contribution in [2.75, 3.05) is 32.8 Å². The molecule has 100 valence electrons. The van der Waals surface area contributed by atoms with E-state index in [4.69, 9.17) is 10.5 Å². The zero-order valence-electron chi connectivity index (χ0n) is 10.9. The summed E-state index contributed by atoms with van der Waals surface area (Å²) in [6.45, 7) is 6.06. The Kier molecular flexibility index (Phi) is 4.42. The minimum absolute atomic E-state index is 0.318.